The summed E-state index contributed by atoms with van der Waals surface area (Å²) < 4.78 is 85.1. The number of nitrogens with zero attached hydrogens (tertiary/aromatic N) is 3. The van der Waals surface area contributed by atoms with Gasteiger partial charge in [-0.05, 0) is 13.8 Å². The number of carbonyl (C=O) groups excluding carboxylic acids is 3. The normalized spacial score (nSPS) is 21.2. The second kappa shape index (κ2) is 33.2. The second-order valence-electron chi connectivity index (χ2n) is 17.6. The molecule has 4 rings (SSSR count). The van der Waals surface area contributed by atoms with E-state index in [0.717, 1.165) is 16.2 Å². The molecule has 0 radical (unpaired) electrons. The van der Waals surface area contributed by atoms with E-state index in [-0.39, 0.29) is 41.1 Å². The molecule has 0 aliphatic carbocycles. The van der Waals surface area contributed by atoms with Gasteiger partial charge in [-0.25, -0.2) is 30.1 Å². The lowest BCUT2D eigenvalue weighted by Gasteiger charge is -2.29. The SMILES string of the molecule is C#CCOC(=O)C(COCSSC(C)C)(COP(=O)(O)OC1C[C@H](n2cc(C)c(=O)[nH]c2=O)O[C@@H]1CO)C(=O)OCC#C.[C-]#[N+]C(COCSSC(C)C)(COP(=O)(O)OC1C[C@H](n2cc(C)c(=O)[nH]c2=O)O[C@@H]1CO)C(=O)OC. The maximum Gasteiger partial charge on any atom is 0.472 e. The Labute approximate surface area is 474 Å². The fourth-order valence-electron chi connectivity index (χ4n) is 6.81. The molecule has 2 aliphatic rings. The highest BCUT2D eigenvalue weighted by Gasteiger charge is 2.54. The van der Waals surface area contributed by atoms with Gasteiger partial charge < -0.3 is 53.2 Å². The first kappa shape index (κ1) is 70.0. The second-order valence-corrected chi connectivity index (χ2v) is 26.2. The van der Waals surface area contributed by atoms with Crippen molar-refractivity contribution in [3.8, 4) is 24.7 Å². The fourth-order valence-corrected chi connectivity index (χ4v) is 12.2. The van der Waals surface area contributed by atoms with Gasteiger partial charge in [0.1, 0.15) is 55.4 Å². The summed E-state index contributed by atoms with van der Waals surface area (Å²) >= 11 is 0. The molecule has 0 amide bonds. The monoisotopic (exact) mass is 1250 g/mol. The Morgan fingerprint density at radius 2 is 1.16 bits per heavy atom. The first-order chi connectivity index (χ1) is 37.7. The molecule has 4 heterocycles. The fraction of sp³-hybridized carbons (Fsp3) is 0.644. The van der Waals surface area contributed by atoms with Crippen molar-refractivity contribution in [3.63, 3.8) is 0 Å². The Hall–Kier alpha value is -4.24. The number of hydrogen-bond donors (Lipinski definition) is 6. The lowest BCUT2D eigenvalue weighted by atomic mass is 9.90. The van der Waals surface area contributed by atoms with E-state index < -0.39 is 157 Å². The minimum atomic E-state index is -5.12. The number of aliphatic hydroxyl groups excluding tert-OH is 2. The highest BCUT2D eigenvalue weighted by molar-refractivity contribution is 8.77. The molecular weight excluding hydrogens is 1180 g/mol. The van der Waals surface area contributed by atoms with Crippen LogP contribution in [0.2, 0.25) is 0 Å². The topological polar surface area (TPSA) is 382 Å². The van der Waals surface area contributed by atoms with Gasteiger partial charge in [-0.15, -0.1) is 12.8 Å². The third kappa shape index (κ3) is 20.9. The van der Waals surface area contributed by atoms with Gasteiger partial charge in [-0.1, -0.05) is 82.7 Å². The number of aromatic nitrogens is 4. The molecule has 6 N–H and O–H groups in total. The molecule has 9 atom stereocenters. The van der Waals surface area contributed by atoms with Gasteiger partial charge >= 0.3 is 50.5 Å². The Kier molecular flexibility index (Phi) is 29.0. The lowest BCUT2D eigenvalue weighted by molar-refractivity contribution is -0.178. The standard InChI is InChI=1S/C25H33N2O13PS2.C20H30N3O11PS2/c1-6-8-36-22(30)25(23(31)37-9-7-2,13-35-15-42-43-16(3)4)14-38-41(33,34)40-18-10-20(39-19(18)12-28)27-11-17(5)21(29)26-24(27)32;1-12(2)37-36-11-31-9-20(21-4,18(26)30-5)10-32-35(28,29)34-14-6-16(33-15(14)8-24)23-7-13(3)17(25)22-19(23)27/h1-2,11,16,18-20,28H,8-10,12-15H2,3-5H3,(H,33,34)(H,26,29,32);7,12,14-16,24H,6,8-11H2,1-3,5H3,(H,28,29)(H,22,25,27)/t18?,19-,20-;14?,15-,16-,20?/m11/s1. The molecule has 2 fully saturated rings. The van der Waals surface area contributed by atoms with E-state index in [1.165, 1.54) is 69.4 Å². The van der Waals surface area contributed by atoms with Crippen molar-refractivity contribution in [2.75, 3.05) is 71.8 Å². The van der Waals surface area contributed by atoms with Crippen LogP contribution in [-0.2, 0) is 74.8 Å². The van der Waals surface area contributed by atoms with Crippen molar-refractivity contribution >= 4 is 76.7 Å². The third-order valence-corrected chi connectivity index (χ3v) is 18.0. The number of aliphatic hydroxyl groups is 2. The summed E-state index contributed by atoms with van der Waals surface area (Å²) in [6, 6.07) is 0. The van der Waals surface area contributed by atoms with Gasteiger partial charge in [-0.3, -0.25) is 61.2 Å². The van der Waals surface area contributed by atoms with Crippen molar-refractivity contribution in [2.45, 2.75) is 107 Å². The van der Waals surface area contributed by atoms with Gasteiger partial charge in [0.15, 0.2) is 19.8 Å². The number of aromatic amines is 2. The first-order valence-corrected chi connectivity index (χ1v) is 31.3. The van der Waals surface area contributed by atoms with Gasteiger partial charge in [0.05, 0.1) is 33.5 Å². The van der Waals surface area contributed by atoms with Gasteiger partial charge in [-0.2, -0.15) is 0 Å². The number of H-pyrrole nitrogens is 2. The zero-order valence-corrected chi connectivity index (χ0v) is 49.3. The van der Waals surface area contributed by atoms with Gasteiger partial charge in [0.25, 0.3) is 11.1 Å². The minimum absolute atomic E-state index is 0.00525. The average molecular weight is 1250 g/mol. The molecule has 2 aromatic heterocycles. The number of methoxy groups -OCH3 is 1. The number of ether oxygens (including phenoxy) is 7. The average Bonchev–Trinajstić information content (AvgIpc) is 4.01. The summed E-state index contributed by atoms with van der Waals surface area (Å²) in [5, 5.41) is 20.0. The van der Waals surface area contributed by atoms with E-state index in [1.54, 1.807) is 0 Å². The summed E-state index contributed by atoms with van der Waals surface area (Å²) in [6.45, 7) is 12.7. The highest BCUT2D eigenvalue weighted by atomic mass is 33.1. The van der Waals surface area contributed by atoms with Crippen LogP contribution in [0, 0.1) is 50.5 Å². The van der Waals surface area contributed by atoms with Crippen LogP contribution >= 0.6 is 58.8 Å². The molecule has 0 aromatic carbocycles. The largest absolute Gasteiger partial charge is 0.472 e. The predicted octanol–water partition coefficient (Wildman–Crippen LogP) is 1.95. The van der Waals surface area contributed by atoms with E-state index in [0.29, 0.717) is 5.25 Å². The number of nitrogens with one attached hydrogen (secondary N) is 2. The lowest BCUT2D eigenvalue weighted by Crippen LogP contribution is -2.49. The number of rotatable bonds is 31. The molecule has 446 valence electrons. The molecular formula is C45H63N5O24P2S4. The third-order valence-electron chi connectivity index (χ3n) is 10.7. The van der Waals surface area contributed by atoms with E-state index in [9.17, 15) is 62.7 Å². The van der Waals surface area contributed by atoms with Crippen LogP contribution < -0.4 is 22.5 Å². The summed E-state index contributed by atoms with van der Waals surface area (Å²) in [6.07, 6.45) is 5.54. The number of hydrogen-bond acceptors (Lipinski definition) is 26. The van der Waals surface area contributed by atoms with Crippen molar-refractivity contribution in [2.24, 2.45) is 5.41 Å². The van der Waals surface area contributed by atoms with E-state index in [1.807, 2.05) is 27.7 Å². The molecule has 0 bridgehead atoms. The Balaban J connectivity index is 0.000000425. The maximum absolute atomic E-state index is 13.1. The van der Waals surface area contributed by atoms with Crippen LogP contribution in [0.4, 0.5) is 0 Å². The summed E-state index contributed by atoms with van der Waals surface area (Å²) in [5.41, 5.74) is -6.85. The minimum Gasteiger partial charge on any atom is -0.463 e. The number of carbonyl (C=O) groups is 3. The summed E-state index contributed by atoms with van der Waals surface area (Å²) in [7, 11) is -3.32. The van der Waals surface area contributed by atoms with E-state index >= 15 is 0 Å². The van der Waals surface area contributed by atoms with Crippen molar-refractivity contribution < 1.29 is 94.8 Å². The van der Waals surface area contributed by atoms with Crippen LogP contribution in [0.3, 0.4) is 0 Å². The van der Waals surface area contributed by atoms with Crippen molar-refractivity contribution in [3.05, 3.63) is 76.6 Å². The van der Waals surface area contributed by atoms with Crippen molar-refractivity contribution in [1.29, 1.82) is 0 Å². The molecule has 29 nitrogen and oxygen atoms in total. The molecule has 35 heteroatoms. The molecule has 5 unspecified atom stereocenters. The molecule has 80 heavy (non-hydrogen) atoms. The number of terminal acetylenes is 2. The first-order valence-electron chi connectivity index (χ1n) is 23.6. The zero-order valence-electron chi connectivity index (χ0n) is 44.2. The number of phosphoric ester groups is 2. The maximum atomic E-state index is 13.1. The smallest absolute Gasteiger partial charge is 0.463 e. The summed E-state index contributed by atoms with van der Waals surface area (Å²) in [4.78, 5) is 115. The van der Waals surface area contributed by atoms with E-state index in [4.69, 9.17) is 65.9 Å². The molecule has 2 aromatic rings. The number of aryl methyl sites for hydroxylation is 2. The van der Waals surface area contributed by atoms with Gasteiger partial charge in [0, 0.05) is 46.9 Å². The van der Waals surface area contributed by atoms with Crippen LogP contribution in [0.25, 0.3) is 4.85 Å². The molecule has 0 saturated carbocycles. The summed E-state index contributed by atoms with van der Waals surface area (Å²) in [5.74, 6) is 0.752. The van der Waals surface area contributed by atoms with Crippen LogP contribution in [0.1, 0.15) is 64.1 Å². The van der Waals surface area contributed by atoms with Gasteiger partial charge in [0.2, 0.25) is 5.41 Å². The van der Waals surface area contributed by atoms with E-state index in [2.05, 4.69) is 31.4 Å². The molecule has 0 spiro atoms. The number of phosphoric acid groups is 2. The highest BCUT2D eigenvalue weighted by Crippen LogP contribution is 2.51. The Bertz CT molecular complexity index is 2850. The number of esters is 3. The zero-order chi connectivity index (χ0) is 60.0. The Morgan fingerprint density at radius 1 is 0.750 bits per heavy atom. The van der Waals surface area contributed by atoms with Crippen LogP contribution in [0.5, 0.6) is 0 Å². The predicted molar refractivity (Wildman–Crippen MR) is 290 cm³/mol. The van der Waals surface area contributed by atoms with Crippen LogP contribution in [-0.4, -0.2) is 169 Å². The molecule has 2 saturated heterocycles. The quantitative estimate of drug-likeness (QED) is 0.00723. The van der Waals surface area contributed by atoms with Crippen LogP contribution in [0.15, 0.2) is 31.6 Å². The molecule has 2 aliphatic heterocycles. The Morgan fingerprint density at radius 3 is 1.54 bits per heavy atom. The van der Waals surface area contributed by atoms with Crippen molar-refractivity contribution in [1.82, 2.24) is 19.1 Å².